The Balaban J connectivity index is 2.25. The Hall–Kier alpha value is -2.34. The van der Waals surface area contributed by atoms with Gasteiger partial charge in [-0.15, -0.1) is 0 Å². The fourth-order valence-electron chi connectivity index (χ4n) is 2.17. The molecule has 22 heavy (non-hydrogen) atoms. The summed E-state index contributed by atoms with van der Waals surface area (Å²) in [6, 6.07) is 6.04. The van der Waals surface area contributed by atoms with Gasteiger partial charge in [0.05, 0.1) is 24.7 Å². The molecule has 6 nitrogen and oxygen atoms in total. The molecule has 2 aromatic rings. The monoisotopic (exact) mass is 301 g/mol. The number of anilines is 1. The highest BCUT2D eigenvalue weighted by Gasteiger charge is 2.06. The van der Waals surface area contributed by atoms with E-state index in [0.29, 0.717) is 12.6 Å². The summed E-state index contributed by atoms with van der Waals surface area (Å²) in [6.45, 7) is 5.33. The van der Waals surface area contributed by atoms with Crippen molar-refractivity contribution in [2.24, 2.45) is 5.10 Å². The van der Waals surface area contributed by atoms with E-state index in [9.17, 15) is 0 Å². The number of nitrogens with zero attached hydrogens (tertiary/aromatic N) is 4. The van der Waals surface area contributed by atoms with Gasteiger partial charge in [0.1, 0.15) is 5.75 Å². The Bertz CT molecular complexity index is 661. The zero-order valence-electron chi connectivity index (χ0n) is 13.6. The quantitative estimate of drug-likeness (QED) is 0.830. The van der Waals surface area contributed by atoms with Gasteiger partial charge < -0.3 is 15.4 Å². The molecule has 0 spiro atoms. The largest absolute Gasteiger partial charge is 0.494 e. The molecule has 0 radical (unpaired) electrons. The maximum atomic E-state index is 5.78. The number of rotatable bonds is 6. The minimum absolute atomic E-state index is 0.383. The van der Waals surface area contributed by atoms with Crippen LogP contribution in [0.15, 0.2) is 29.5 Å². The molecule has 0 unspecified atom stereocenters. The summed E-state index contributed by atoms with van der Waals surface area (Å²) in [4.78, 5) is 6.23. The topological polar surface area (TPSA) is 68.7 Å². The molecular weight excluding hydrogens is 278 g/mol. The van der Waals surface area contributed by atoms with Crippen molar-refractivity contribution in [3.8, 4) is 5.75 Å². The molecular formula is C16H23N5O. The standard InChI is InChI=1S/C16H23N5O/c1-5-22-15-7-6-13(8-14(15)11-20(3)4)9-18-21-10-12(2)19-16(21)17/h6-10H,5,11H2,1-4H3,(H2,17,19). The fraction of sp³-hybridized carbons (Fsp3) is 0.375. The van der Waals surface area contributed by atoms with Crippen LogP contribution in [-0.4, -0.2) is 41.5 Å². The van der Waals surface area contributed by atoms with Gasteiger partial charge in [-0.1, -0.05) is 0 Å². The van der Waals surface area contributed by atoms with Crippen molar-refractivity contribution in [1.29, 1.82) is 0 Å². The number of nitrogens with two attached hydrogens (primary N) is 1. The summed E-state index contributed by atoms with van der Waals surface area (Å²) in [7, 11) is 4.07. The molecule has 2 N–H and O–H groups in total. The molecule has 0 amide bonds. The van der Waals surface area contributed by atoms with Crippen LogP contribution in [0, 0.1) is 6.92 Å². The first-order valence-corrected chi connectivity index (χ1v) is 7.26. The minimum atomic E-state index is 0.383. The molecule has 1 aromatic heterocycles. The SMILES string of the molecule is CCOc1ccc(C=Nn2cc(C)nc2N)cc1CN(C)C. The molecule has 0 saturated heterocycles. The van der Waals surface area contributed by atoms with Crippen molar-refractivity contribution in [3.05, 3.63) is 41.2 Å². The third-order valence-corrected chi connectivity index (χ3v) is 3.04. The Kier molecular flexibility index (Phi) is 5.16. The third-order valence-electron chi connectivity index (χ3n) is 3.04. The van der Waals surface area contributed by atoms with E-state index in [-0.39, 0.29) is 0 Å². The van der Waals surface area contributed by atoms with E-state index in [1.807, 2.05) is 40.1 Å². The van der Waals surface area contributed by atoms with Gasteiger partial charge in [-0.2, -0.15) is 5.10 Å². The number of nitrogen functional groups attached to an aromatic ring is 1. The lowest BCUT2D eigenvalue weighted by Crippen LogP contribution is -2.12. The number of hydrogen-bond donors (Lipinski definition) is 1. The van der Waals surface area contributed by atoms with Crippen molar-refractivity contribution in [2.45, 2.75) is 20.4 Å². The molecule has 1 heterocycles. The average Bonchev–Trinajstić information content (AvgIpc) is 2.77. The molecule has 2 rings (SSSR count). The predicted octanol–water partition coefficient (Wildman–Crippen LogP) is 2.12. The van der Waals surface area contributed by atoms with Crippen LogP contribution in [0.1, 0.15) is 23.7 Å². The maximum Gasteiger partial charge on any atom is 0.221 e. The number of hydrogen-bond acceptors (Lipinski definition) is 5. The smallest absolute Gasteiger partial charge is 0.221 e. The van der Waals surface area contributed by atoms with Gasteiger partial charge in [-0.05, 0) is 51.7 Å². The second-order valence-corrected chi connectivity index (χ2v) is 5.37. The van der Waals surface area contributed by atoms with Crippen LogP contribution in [-0.2, 0) is 6.54 Å². The predicted molar refractivity (Wildman–Crippen MR) is 89.4 cm³/mol. The van der Waals surface area contributed by atoms with Gasteiger partial charge in [-0.25, -0.2) is 9.66 Å². The lowest BCUT2D eigenvalue weighted by atomic mass is 10.1. The molecule has 6 heteroatoms. The van der Waals surface area contributed by atoms with Gasteiger partial charge in [0, 0.05) is 12.1 Å². The summed E-state index contributed by atoms with van der Waals surface area (Å²) in [5.74, 6) is 1.29. The number of ether oxygens (including phenoxy) is 1. The Labute approximate surface area is 131 Å². The van der Waals surface area contributed by atoms with Crippen LogP contribution in [0.3, 0.4) is 0 Å². The van der Waals surface area contributed by atoms with Crippen molar-refractivity contribution in [3.63, 3.8) is 0 Å². The van der Waals surface area contributed by atoms with E-state index in [4.69, 9.17) is 10.5 Å². The summed E-state index contributed by atoms with van der Waals surface area (Å²) in [6.07, 6.45) is 3.56. The van der Waals surface area contributed by atoms with Crippen LogP contribution in [0.4, 0.5) is 5.95 Å². The van der Waals surface area contributed by atoms with Crippen LogP contribution in [0.2, 0.25) is 0 Å². The summed E-state index contributed by atoms with van der Waals surface area (Å²) in [5, 5.41) is 4.34. The molecule has 0 aliphatic rings. The van der Waals surface area contributed by atoms with Crippen molar-refractivity contribution in [1.82, 2.24) is 14.6 Å². The zero-order chi connectivity index (χ0) is 16.1. The first-order valence-electron chi connectivity index (χ1n) is 7.26. The summed E-state index contributed by atoms with van der Waals surface area (Å²) < 4.78 is 7.24. The fourth-order valence-corrected chi connectivity index (χ4v) is 2.17. The molecule has 0 bridgehead atoms. The third kappa shape index (κ3) is 4.08. The van der Waals surface area contributed by atoms with Crippen LogP contribution >= 0.6 is 0 Å². The zero-order valence-corrected chi connectivity index (χ0v) is 13.6. The Morgan fingerprint density at radius 1 is 1.41 bits per heavy atom. The molecule has 0 atom stereocenters. The molecule has 118 valence electrons. The van der Waals surface area contributed by atoms with E-state index < -0.39 is 0 Å². The second kappa shape index (κ2) is 7.09. The first-order chi connectivity index (χ1) is 10.5. The number of imidazole rings is 1. The Morgan fingerprint density at radius 3 is 2.77 bits per heavy atom. The number of aryl methyl sites for hydroxylation is 1. The summed E-state index contributed by atoms with van der Waals surface area (Å²) >= 11 is 0. The van der Waals surface area contributed by atoms with Gasteiger partial charge in [0.15, 0.2) is 0 Å². The van der Waals surface area contributed by atoms with Gasteiger partial charge >= 0.3 is 0 Å². The van der Waals surface area contributed by atoms with Gasteiger partial charge in [-0.3, -0.25) is 0 Å². The van der Waals surface area contributed by atoms with Crippen LogP contribution in [0.5, 0.6) is 5.75 Å². The normalized spacial score (nSPS) is 11.5. The molecule has 0 aliphatic heterocycles. The molecule has 0 saturated carbocycles. The van der Waals surface area contributed by atoms with Crippen LogP contribution in [0.25, 0.3) is 0 Å². The van der Waals surface area contributed by atoms with Gasteiger partial charge in [0.2, 0.25) is 5.95 Å². The second-order valence-electron chi connectivity index (χ2n) is 5.37. The Morgan fingerprint density at radius 2 is 2.18 bits per heavy atom. The highest BCUT2D eigenvalue weighted by molar-refractivity contribution is 5.80. The van der Waals surface area contributed by atoms with E-state index in [0.717, 1.165) is 29.1 Å². The average molecular weight is 301 g/mol. The number of benzene rings is 1. The van der Waals surface area contributed by atoms with E-state index in [1.165, 1.54) is 0 Å². The molecule has 1 aromatic carbocycles. The van der Waals surface area contributed by atoms with Crippen molar-refractivity contribution >= 4 is 12.2 Å². The molecule has 0 aliphatic carbocycles. The van der Waals surface area contributed by atoms with E-state index >= 15 is 0 Å². The molecule has 0 fully saturated rings. The van der Waals surface area contributed by atoms with Gasteiger partial charge in [0.25, 0.3) is 0 Å². The van der Waals surface area contributed by atoms with E-state index in [1.54, 1.807) is 17.1 Å². The minimum Gasteiger partial charge on any atom is -0.494 e. The van der Waals surface area contributed by atoms with Crippen molar-refractivity contribution < 1.29 is 4.74 Å². The summed E-state index contributed by atoms with van der Waals surface area (Å²) in [5.41, 5.74) is 8.74. The van der Waals surface area contributed by atoms with E-state index in [2.05, 4.69) is 21.1 Å². The highest BCUT2D eigenvalue weighted by atomic mass is 16.5. The van der Waals surface area contributed by atoms with Crippen molar-refractivity contribution in [2.75, 3.05) is 26.4 Å². The highest BCUT2D eigenvalue weighted by Crippen LogP contribution is 2.21. The van der Waals surface area contributed by atoms with Crippen LogP contribution < -0.4 is 10.5 Å². The first kappa shape index (κ1) is 16.0. The number of aromatic nitrogens is 2. The maximum absolute atomic E-state index is 5.78. The lowest BCUT2D eigenvalue weighted by Gasteiger charge is -2.15. The lowest BCUT2D eigenvalue weighted by molar-refractivity contribution is 0.325.